The van der Waals surface area contributed by atoms with E-state index in [1.54, 1.807) is 12.4 Å². The van der Waals surface area contributed by atoms with Gasteiger partial charge in [-0.3, -0.25) is 4.98 Å². The minimum Gasteiger partial charge on any atom is -0.255 e. The fourth-order valence-corrected chi connectivity index (χ4v) is 1.41. The highest BCUT2D eigenvalue weighted by Gasteiger charge is 2.18. The highest BCUT2D eigenvalue weighted by Crippen LogP contribution is 2.11. The van der Waals surface area contributed by atoms with E-state index in [0.717, 1.165) is 11.3 Å². The van der Waals surface area contributed by atoms with Gasteiger partial charge < -0.3 is 0 Å². The van der Waals surface area contributed by atoms with Crippen LogP contribution in [0.15, 0.2) is 22.7 Å². The molecular weight excluding hydrogens is 208 g/mol. The minimum absolute atomic E-state index is 0.319. The number of hydrogen-bond acceptors (Lipinski definition) is 2. The second-order valence-corrected chi connectivity index (χ2v) is 6.29. The summed E-state index contributed by atoms with van der Waals surface area (Å²) >= 11 is 0. The van der Waals surface area contributed by atoms with Crippen LogP contribution < -0.4 is 0 Å². The predicted molar refractivity (Wildman–Crippen MR) is 64.5 cm³/mol. The molecule has 0 saturated carbocycles. The van der Waals surface area contributed by atoms with Gasteiger partial charge in [-0.15, -0.1) is 0 Å². The summed E-state index contributed by atoms with van der Waals surface area (Å²) in [5, 5.41) is 0. The predicted octanol–water partition coefficient (Wildman–Crippen LogP) is 2.27. The van der Waals surface area contributed by atoms with E-state index in [1.165, 1.54) is 0 Å². The van der Waals surface area contributed by atoms with Crippen molar-refractivity contribution >= 4 is 17.2 Å². The Morgan fingerprint density at radius 1 is 1.47 bits per heavy atom. The van der Waals surface area contributed by atoms with Gasteiger partial charge in [-0.25, -0.2) is 4.21 Å². The second kappa shape index (κ2) is 4.66. The van der Waals surface area contributed by atoms with Gasteiger partial charge in [0.2, 0.25) is 0 Å². The molecule has 0 unspecified atom stereocenters. The first kappa shape index (κ1) is 12.0. The van der Waals surface area contributed by atoms with E-state index >= 15 is 0 Å². The van der Waals surface area contributed by atoms with Crippen LogP contribution in [0.3, 0.4) is 0 Å². The van der Waals surface area contributed by atoms with Gasteiger partial charge in [0.1, 0.15) is 11.0 Å². The molecule has 3 nitrogen and oxygen atoms in total. The van der Waals surface area contributed by atoms with Crippen LogP contribution in [0, 0.1) is 6.92 Å². The Morgan fingerprint density at radius 3 is 2.67 bits per heavy atom. The normalized spacial score (nSPS) is 14.4. The number of rotatable bonds is 2. The molecule has 0 saturated heterocycles. The maximum absolute atomic E-state index is 11.6. The molecule has 0 aliphatic rings. The summed E-state index contributed by atoms with van der Waals surface area (Å²) in [6.45, 7) is 7.66. The quantitative estimate of drug-likeness (QED) is 0.723. The number of nitrogens with zero attached hydrogens (tertiary/aromatic N) is 2. The van der Waals surface area contributed by atoms with Gasteiger partial charge in [0, 0.05) is 6.20 Å². The Labute approximate surface area is 93.2 Å². The van der Waals surface area contributed by atoms with E-state index in [2.05, 4.69) is 9.38 Å². The summed E-state index contributed by atoms with van der Waals surface area (Å²) in [4.78, 5) is 4.11. The van der Waals surface area contributed by atoms with Crippen molar-refractivity contribution in [1.82, 2.24) is 4.98 Å². The van der Waals surface area contributed by atoms with E-state index in [1.807, 2.05) is 39.8 Å². The molecule has 15 heavy (non-hydrogen) atoms. The summed E-state index contributed by atoms with van der Waals surface area (Å²) in [6.07, 6.45) is 3.28. The molecule has 1 aromatic heterocycles. The molecule has 82 valence electrons. The van der Waals surface area contributed by atoms with Crippen molar-refractivity contribution in [3.8, 4) is 0 Å². The Balaban J connectivity index is 2.79. The van der Waals surface area contributed by atoms with Crippen molar-refractivity contribution in [2.75, 3.05) is 0 Å². The van der Waals surface area contributed by atoms with Crippen LogP contribution in [-0.2, 0) is 11.0 Å². The van der Waals surface area contributed by atoms with Crippen molar-refractivity contribution < 1.29 is 4.21 Å². The van der Waals surface area contributed by atoms with Crippen LogP contribution >= 0.6 is 0 Å². The molecule has 1 atom stereocenters. The zero-order valence-electron chi connectivity index (χ0n) is 9.52. The maximum Gasteiger partial charge on any atom is 0.144 e. The topological polar surface area (TPSA) is 42.3 Å². The number of hydrogen-bond donors (Lipinski definition) is 0. The lowest BCUT2D eigenvalue weighted by atomic mass is 10.2. The zero-order chi connectivity index (χ0) is 11.5. The van der Waals surface area contributed by atoms with Crippen molar-refractivity contribution in [2.45, 2.75) is 32.4 Å². The van der Waals surface area contributed by atoms with E-state index < -0.39 is 11.0 Å². The standard InChI is InChI=1S/C11H16N2OS/c1-9-5-6-12-10(7-9)8-13-15(14)11(2,3)4/h5-8H,1-4H3/b13-8+/t15-/m0/s1. The third kappa shape index (κ3) is 3.91. The molecular formula is C11H16N2OS. The Kier molecular flexibility index (Phi) is 3.74. The SMILES string of the molecule is Cc1ccnc(/C=N/[S@@](=O)C(C)(C)C)c1. The van der Waals surface area contributed by atoms with Crippen molar-refractivity contribution in [2.24, 2.45) is 4.40 Å². The molecule has 0 bridgehead atoms. The highest BCUT2D eigenvalue weighted by molar-refractivity contribution is 7.85. The van der Waals surface area contributed by atoms with Gasteiger partial charge in [-0.1, -0.05) is 0 Å². The fraction of sp³-hybridized carbons (Fsp3) is 0.455. The van der Waals surface area contributed by atoms with Gasteiger partial charge >= 0.3 is 0 Å². The summed E-state index contributed by atoms with van der Waals surface area (Å²) in [6, 6.07) is 3.82. The van der Waals surface area contributed by atoms with E-state index in [4.69, 9.17) is 0 Å². The molecule has 0 fully saturated rings. The van der Waals surface area contributed by atoms with Crippen LogP contribution in [0.1, 0.15) is 32.0 Å². The first-order valence-electron chi connectivity index (χ1n) is 4.78. The molecule has 0 aliphatic heterocycles. The third-order valence-electron chi connectivity index (χ3n) is 1.74. The minimum atomic E-state index is -1.21. The summed E-state index contributed by atoms with van der Waals surface area (Å²) in [5.41, 5.74) is 1.86. The van der Waals surface area contributed by atoms with Crippen LogP contribution in [0.4, 0.5) is 0 Å². The molecule has 0 spiro atoms. The number of aromatic nitrogens is 1. The first-order valence-corrected chi connectivity index (χ1v) is 5.89. The van der Waals surface area contributed by atoms with E-state index in [-0.39, 0.29) is 4.75 Å². The monoisotopic (exact) mass is 224 g/mol. The molecule has 0 N–H and O–H groups in total. The lowest BCUT2D eigenvalue weighted by Crippen LogP contribution is -2.19. The average Bonchev–Trinajstić information content (AvgIpc) is 2.12. The van der Waals surface area contributed by atoms with Crippen LogP contribution in [0.2, 0.25) is 0 Å². The number of pyridine rings is 1. The molecule has 1 heterocycles. The molecule has 1 rings (SSSR count). The highest BCUT2D eigenvalue weighted by atomic mass is 32.2. The molecule has 4 heteroatoms. The second-order valence-electron chi connectivity index (χ2n) is 4.35. The summed E-state index contributed by atoms with van der Waals surface area (Å²) in [7, 11) is -1.21. The molecule has 1 aromatic rings. The number of aryl methyl sites for hydroxylation is 1. The first-order chi connectivity index (χ1) is 6.89. The Morgan fingerprint density at radius 2 is 2.13 bits per heavy atom. The van der Waals surface area contributed by atoms with Gasteiger partial charge in [-0.05, 0) is 45.4 Å². The Hall–Kier alpha value is -1.03. The van der Waals surface area contributed by atoms with E-state index in [9.17, 15) is 4.21 Å². The smallest absolute Gasteiger partial charge is 0.144 e. The van der Waals surface area contributed by atoms with Crippen molar-refractivity contribution in [3.63, 3.8) is 0 Å². The molecule has 0 radical (unpaired) electrons. The van der Waals surface area contributed by atoms with Gasteiger partial charge in [0.25, 0.3) is 0 Å². The van der Waals surface area contributed by atoms with Gasteiger partial charge in [0.15, 0.2) is 0 Å². The van der Waals surface area contributed by atoms with Gasteiger partial charge in [0.05, 0.1) is 16.7 Å². The van der Waals surface area contributed by atoms with Crippen molar-refractivity contribution in [1.29, 1.82) is 0 Å². The molecule has 0 aliphatic carbocycles. The van der Waals surface area contributed by atoms with Crippen LogP contribution in [0.5, 0.6) is 0 Å². The van der Waals surface area contributed by atoms with Gasteiger partial charge in [-0.2, -0.15) is 4.40 Å². The largest absolute Gasteiger partial charge is 0.255 e. The summed E-state index contributed by atoms with van der Waals surface area (Å²) in [5.74, 6) is 0. The third-order valence-corrected chi connectivity index (χ3v) is 3.09. The van der Waals surface area contributed by atoms with Crippen LogP contribution in [0.25, 0.3) is 0 Å². The lowest BCUT2D eigenvalue weighted by Gasteiger charge is -2.12. The zero-order valence-corrected chi connectivity index (χ0v) is 10.3. The molecule has 0 aromatic carbocycles. The lowest BCUT2D eigenvalue weighted by molar-refractivity contribution is 0.651. The summed E-state index contributed by atoms with van der Waals surface area (Å²) < 4.78 is 15.3. The average molecular weight is 224 g/mol. The molecule has 0 amide bonds. The Bertz CT molecular complexity index is 394. The van der Waals surface area contributed by atoms with E-state index in [0.29, 0.717) is 0 Å². The van der Waals surface area contributed by atoms with Crippen molar-refractivity contribution in [3.05, 3.63) is 29.6 Å². The fourth-order valence-electron chi connectivity index (χ4n) is 0.890. The maximum atomic E-state index is 11.6. The van der Waals surface area contributed by atoms with Crippen LogP contribution in [-0.4, -0.2) is 20.2 Å².